The maximum absolute atomic E-state index is 12.9. The Bertz CT molecular complexity index is 902. The van der Waals surface area contributed by atoms with Gasteiger partial charge in [0, 0.05) is 5.69 Å². The first-order valence-electron chi connectivity index (χ1n) is 8.58. The van der Waals surface area contributed by atoms with E-state index in [-0.39, 0.29) is 21.2 Å². The molecule has 1 aliphatic rings. The average molecular weight is 405 g/mol. The van der Waals surface area contributed by atoms with Crippen LogP contribution in [0.15, 0.2) is 36.4 Å². The highest BCUT2D eigenvalue weighted by Gasteiger charge is 2.43. The molecule has 3 amide bonds. The molecular weight excluding hydrogens is 387 g/mol. The van der Waals surface area contributed by atoms with E-state index in [0.717, 1.165) is 10.5 Å². The van der Waals surface area contributed by atoms with Gasteiger partial charge in [0.15, 0.2) is 0 Å². The van der Waals surface area contributed by atoms with Gasteiger partial charge in [-0.3, -0.25) is 19.3 Å². The van der Waals surface area contributed by atoms with Crippen LogP contribution in [0.25, 0.3) is 0 Å². The van der Waals surface area contributed by atoms with Gasteiger partial charge in [-0.2, -0.15) is 0 Å². The van der Waals surface area contributed by atoms with Gasteiger partial charge in [0.2, 0.25) is 5.91 Å². The van der Waals surface area contributed by atoms with Crippen LogP contribution >= 0.6 is 23.2 Å². The van der Waals surface area contributed by atoms with Gasteiger partial charge in [-0.05, 0) is 43.2 Å². The highest BCUT2D eigenvalue weighted by Crippen LogP contribution is 2.33. The lowest BCUT2D eigenvalue weighted by Crippen LogP contribution is -2.47. The molecule has 5 nitrogen and oxygen atoms in total. The lowest BCUT2D eigenvalue weighted by atomic mass is 10.1. The Morgan fingerprint density at radius 2 is 1.67 bits per heavy atom. The summed E-state index contributed by atoms with van der Waals surface area (Å²) in [6, 6.07) is 9.16. The Morgan fingerprint density at radius 3 is 2.19 bits per heavy atom. The van der Waals surface area contributed by atoms with Gasteiger partial charge in [-0.15, -0.1) is 0 Å². The first kappa shape index (κ1) is 19.4. The highest BCUT2D eigenvalue weighted by atomic mass is 35.5. The van der Waals surface area contributed by atoms with Crippen molar-refractivity contribution in [2.24, 2.45) is 0 Å². The third-order valence-electron chi connectivity index (χ3n) is 4.42. The molecule has 1 atom stereocenters. The van der Waals surface area contributed by atoms with E-state index in [1.54, 1.807) is 6.07 Å². The Morgan fingerprint density at radius 1 is 1.07 bits per heavy atom. The number of hydrogen-bond acceptors (Lipinski definition) is 3. The largest absolute Gasteiger partial charge is 0.324 e. The van der Waals surface area contributed by atoms with E-state index in [0.29, 0.717) is 18.5 Å². The van der Waals surface area contributed by atoms with Gasteiger partial charge >= 0.3 is 0 Å². The van der Waals surface area contributed by atoms with Crippen LogP contribution in [-0.4, -0.2) is 28.7 Å². The summed E-state index contributed by atoms with van der Waals surface area (Å²) in [4.78, 5) is 39.5. The van der Waals surface area contributed by atoms with Crippen molar-refractivity contribution in [3.63, 3.8) is 0 Å². The monoisotopic (exact) mass is 404 g/mol. The standard InChI is InChI=1S/C20H18Cl2N2O3/c1-3-5-17(18(25)23-12-7-4-6-11(2)8-12)24-19(26)13-9-15(21)16(22)10-14(13)20(24)27/h4,6-10,17H,3,5H2,1-2H3,(H,23,25). The number of nitrogens with one attached hydrogen (secondary N) is 1. The molecule has 27 heavy (non-hydrogen) atoms. The van der Waals surface area contributed by atoms with Crippen LogP contribution in [0.5, 0.6) is 0 Å². The summed E-state index contributed by atoms with van der Waals surface area (Å²) in [5, 5.41) is 3.18. The minimum atomic E-state index is -0.916. The number of imide groups is 1. The van der Waals surface area contributed by atoms with Crippen LogP contribution in [0.4, 0.5) is 5.69 Å². The predicted octanol–water partition coefficient (Wildman–Crippen LogP) is 4.71. The number of carbonyl (C=O) groups excluding carboxylic acids is 3. The minimum absolute atomic E-state index is 0.166. The fourth-order valence-electron chi connectivity index (χ4n) is 3.13. The van der Waals surface area contributed by atoms with E-state index < -0.39 is 23.8 Å². The van der Waals surface area contributed by atoms with Crippen molar-refractivity contribution in [1.82, 2.24) is 4.90 Å². The minimum Gasteiger partial charge on any atom is -0.324 e. The number of carbonyl (C=O) groups is 3. The molecule has 0 bridgehead atoms. The number of hydrogen-bond donors (Lipinski definition) is 1. The number of halogens is 2. The maximum atomic E-state index is 12.9. The van der Waals surface area contributed by atoms with Crippen molar-refractivity contribution >= 4 is 46.6 Å². The molecule has 0 saturated carbocycles. The van der Waals surface area contributed by atoms with Gasteiger partial charge in [0.05, 0.1) is 21.2 Å². The predicted molar refractivity (Wildman–Crippen MR) is 105 cm³/mol. The molecule has 1 unspecified atom stereocenters. The number of aryl methyl sites for hydroxylation is 1. The lowest BCUT2D eigenvalue weighted by Gasteiger charge is -2.25. The lowest BCUT2D eigenvalue weighted by molar-refractivity contribution is -0.120. The topological polar surface area (TPSA) is 66.5 Å². The summed E-state index contributed by atoms with van der Waals surface area (Å²) in [6.45, 7) is 3.80. The zero-order valence-electron chi connectivity index (χ0n) is 14.9. The van der Waals surface area contributed by atoms with Crippen LogP contribution in [-0.2, 0) is 4.79 Å². The molecular formula is C20H18Cl2N2O3. The molecule has 0 saturated heterocycles. The molecule has 0 aliphatic carbocycles. The Balaban J connectivity index is 1.92. The first-order valence-corrected chi connectivity index (χ1v) is 9.33. The molecule has 0 aromatic heterocycles. The number of fused-ring (bicyclic) bond motifs is 1. The fraction of sp³-hybridized carbons (Fsp3) is 0.250. The second-order valence-corrected chi connectivity index (χ2v) is 7.27. The molecule has 7 heteroatoms. The Kier molecular flexibility index (Phi) is 5.53. The number of amides is 3. The second kappa shape index (κ2) is 7.71. The molecule has 140 valence electrons. The third-order valence-corrected chi connectivity index (χ3v) is 5.14. The van der Waals surface area contributed by atoms with Crippen LogP contribution < -0.4 is 5.32 Å². The van der Waals surface area contributed by atoms with E-state index >= 15 is 0 Å². The summed E-state index contributed by atoms with van der Waals surface area (Å²) in [7, 11) is 0. The van der Waals surface area contributed by atoms with Crippen molar-refractivity contribution in [2.45, 2.75) is 32.7 Å². The van der Waals surface area contributed by atoms with Crippen molar-refractivity contribution in [3.8, 4) is 0 Å². The molecule has 0 fully saturated rings. The average Bonchev–Trinajstić information content (AvgIpc) is 2.84. The van der Waals surface area contributed by atoms with Gasteiger partial charge in [-0.1, -0.05) is 48.7 Å². The maximum Gasteiger partial charge on any atom is 0.262 e. The first-order chi connectivity index (χ1) is 12.8. The summed E-state index contributed by atoms with van der Waals surface area (Å²) in [5.74, 6) is -1.48. The highest BCUT2D eigenvalue weighted by molar-refractivity contribution is 6.43. The number of nitrogens with zero attached hydrogens (tertiary/aromatic N) is 1. The van der Waals surface area contributed by atoms with E-state index in [1.807, 2.05) is 32.0 Å². The van der Waals surface area contributed by atoms with Gasteiger partial charge < -0.3 is 5.32 Å². The quantitative estimate of drug-likeness (QED) is 0.733. The number of anilines is 1. The normalized spacial score (nSPS) is 14.3. The van der Waals surface area contributed by atoms with E-state index in [9.17, 15) is 14.4 Å². The summed E-state index contributed by atoms with van der Waals surface area (Å²) in [6.07, 6.45) is 0.978. The summed E-state index contributed by atoms with van der Waals surface area (Å²) < 4.78 is 0. The Labute approximate surface area is 167 Å². The van der Waals surface area contributed by atoms with Crippen LogP contribution in [0.1, 0.15) is 46.0 Å². The smallest absolute Gasteiger partial charge is 0.262 e. The molecule has 2 aromatic rings. The zero-order valence-corrected chi connectivity index (χ0v) is 16.4. The summed E-state index contributed by atoms with van der Waals surface area (Å²) in [5.41, 5.74) is 1.94. The van der Waals surface area contributed by atoms with Crippen molar-refractivity contribution < 1.29 is 14.4 Å². The van der Waals surface area contributed by atoms with Crippen LogP contribution in [0.2, 0.25) is 10.0 Å². The molecule has 3 rings (SSSR count). The molecule has 0 radical (unpaired) electrons. The molecule has 0 spiro atoms. The number of rotatable bonds is 5. The molecule has 1 aliphatic heterocycles. The molecule has 2 aromatic carbocycles. The third kappa shape index (κ3) is 3.70. The Hall–Kier alpha value is -2.37. The molecule has 1 heterocycles. The van der Waals surface area contributed by atoms with E-state index in [4.69, 9.17) is 23.2 Å². The van der Waals surface area contributed by atoms with Crippen molar-refractivity contribution in [1.29, 1.82) is 0 Å². The van der Waals surface area contributed by atoms with E-state index in [1.165, 1.54) is 12.1 Å². The van der Waals surface area contributed by atoms with Gasteiger partial charge in [-0.25, -0.2) is 0 Å². The summed E-state index contributed by atoms with van der Waals surface area (Å²) >= 11 is 12.0. The number of benzene rings is 2. The van der Waals surface area contributed by atoms with Crippen molar-refractivity contribution in [3.05, 3.63) is 63.1 Å². The zero-order chi connectivity index (χ0) is 19.7. The second-order valence-electron chi connectivity index (χ2n) is 6.46. The van der Waals surface area contributed by atoms with Crippen molar-refractivity contribution in [2.75, 3.05) is 5.32 Å². The van der Waals surface area contributed by atoms with E-state index in [2.05, 4.69) is 5.32 Å². The van der Waals surface area contributed by atoms with Gasteiger partial charge in [0.1, 0.15) is 6.04 Å². The fourth-order valence-corrected chi connectivity index (χ4v) is 3.46. The molecule has 1 N–H and O–H groups in total. The van der Waals surface area contributed by atoms with Crippen LogP contribution in [0, 0.1) is 6.92 Å². The SMILES string of the molecule is CCCC(C(=O)Nc1cccc(C)c1)N1C(=O)c2cc(Cl)c(Cl)cc2C1=O. The van der Waals surface area contributed by atoms with Crippen LogP contribution in [0.3, 0.4) is 0 Å². The van der Waals surface area contributed by atoms with Gasteiger partial charge in [0.25, 0.3) is 11.8 Å².